The number of hydrogen-bond donors (Lipinski definition) is 1. The Morgan fingerprint density at radius 2 is 1.95 bits per heavy atom. The Morgan fingerprint density at radius 3 is 2.60 bits per heavy atom. The van der Waals surface area contributed by atoms with Crippen LogP contribution in [0.3, 0.4) is 0 Å². The number of nitrogens with one attached hydrogen (secondary N) is 1. The molecule has 0 unspecified atom stereocenters. The molecule has 1 aromatic carbocycles. The highest BCUT2D eigenvalue weighted by molar-refractivity contribution is 7.09. The van der Waals surface area contributed by atoms with E-state index in [1.165, 1.54) is 23.7 Å². The lowest BCUT2D eigenvalue weighted by molar-refractivity contribution is 0.553. The van der Waals surface area contributed by atoms with Gasteiger partial charge in [0.25, 0.3) is 0 Å². The molecule has 0 amide bonds. The van der Waals surface area contributed by atoms with E-state index < -0.39 is 0 Å². The third-order valence-corrected chi connectivity index (χ3v) is 3.96. The van der Waals surface area contributed by atoms with Crippen molar-refractivity contribution in [1.82, 2.24) is 9.36 Å². The van der Waals surface area contributed by atoms with Crippen molar-refractivity contribution in [3.8, 4) is 0 Å². The maximum Gasteiger partial charge on any atom is 0.202 e. The number of aromatic nitrogens is 2. The number of halogens is 1. The average molecular weight is 293 g/mol. The van der Waals surface area contributed by atoms with Crippen LogP contribution >= 0.6 is 11.5 Å². The molecular weight excluding hydrogens is 273 g/mol. The Balaban J connectivity index is 1.99. The van der Waals surface area contributed by atoms with Gasteiger partial charge >= 0.3 is 0 Å². The van der Waals surface area contributed by atoms with Gasteiger partial charge in [0.2, 0.25) is 5.13 Å². The molecule has 3 nitrogen and oxygen atoms in total. The highest BCUT2D eigenvalue weighted by Crippen LogP contribution is 2.24. The molecule has 1 aromatic heterocycles. The van der Waals surface area contributed by atoms with E-state index in [9.17, 15) is 4.39 Å². The molecule has 0 saturated heterocycles. The zero-order valence-corrected chi connectivity index (χ0v) is 12.9. The van der Waals surface area contributed by atoms with Crippen LogP contribution in [0.15, 0.2) is 24.3 Å². The molecule has 1 heterocycles. The molecule has 0 bridgehead atoms. The van der Waals surface area contributed by atoms with Gasteiger partial charge in [0, 0.05) is 29.9 Å². The summed E-state index contributed by atoms with van der Waals surface area (Å²) in [5.41, 5.74) is 1.01. The van der Waals surface area contributed by atoms with E-state index in [2.05, 4.69) is 35.4 Å². The molecule has 108 valence electrons. The van der Waals surface area contributed by atoms with E-state index in [0.29, 0.717) is 0 Å². The van der Waals surface area contributed by atoms with Crippen molar-refractivity contribution in [2.45, 2.75) is 39.0 Å². The number of rotatable bonds is 6. The van der Waals surface area contributed by atoms with Crippen LogP contribution in [0.4, 0.5) is 9.52 Å². The van der Waals surface area contributed by atoms with Gasteiger partial charge in [0.1, 0.15) is 11.6 Å². The SMILES string of the molecule is CCCc1nsc(NCC(C)(C)c2ccc(F)cc2)n1. The van der Waals surface area contributed by atoms with Gasteiger partial charge in [-0.05, 0) is 24.1 Å². The summed E-state index contributed by atoms with van der Waals surface area (Å²) in [5, 5.41) is 4.18. The third-order valence-electron chi connectivity index (χ3n) is 3.25. The summed E-state index contributed by atoms with van der Waals surface area (Å²) in [6, 6.07) is 6.67. The van der Waals surface area contributed by atoms with Crippen LogP contribution < -0.4 is 5.32 Å². The first kappa shape index (κ1) is 14.9. The molecular formula is C15H20FN3S. The first-order valence-corrected chi connectivity index (χ1v) is 7.61. The number of hydrogen-bond acceptors (Lipinski definition) is 4. The first-order valence-electron chi connectivity index (χ1n) is 6.84. The lowest BCUT2D eigenvalue weighted by atomic mass is 9.85. The maximum atomic E-state index is 13.0. The fourth-order valence-electron chi connectivity index (χ4n) is 1.95. The fourth-order valence-corrected chi connectivity index (χ4v) is 2.56. The van der Waals surface area contributed by atoms with E-state index in [1.54, 1.807) is 0 Å². The zero-order valence-electron chi connectivity index (χ0n) is 12.1. The van der Waals surface area contributed by atoms with Gasteiger partial charge in [0.15, 0.2) is 0 Å². The van der Waals surface area contributed by atoms with Gasteiger partial charge in [-0.15, -0.1) is 0 Å². The second-order valence-electron chi connectivity index (χ2n) is 5.51. The Morgan fingerprint density at radius 1 is 1.25 bits per heavy atom. The summed E-state index contributed by atoms with van der Waals surface area (Å²) >= 11 is 1.40. The molecule has 0 atom stereocenters. The molecule has 2 aromatic rings. The largest absolute Gasteiger partial charge is 0.359 e. The van der Waals surface area contributed by atoms with Crippen molar-refractivity contribution in [1.29, 1.82) is 0 Å². The number of nitrogens with zero attached hydrogens (tertiary/aromatic N) is 2. The molecule has 20 heavy (non-hydrogen) atoms. The number of anilines is 1. The standard InChI is InChI=1S/C15H20FN3S/c1-4-5-13-18-14(20-19-13)17-10-15(2,3)11-6-8-12(16)9-7-11/h6-9H,4-5,10H2,1-3H3,(H,17,18,19). The van der Waals surface area contributed by atoms with Crippen LogP contribution in [0, 0.1) is 5.82 Å². The zero-order chi connectivity index (χ0) is 14.6. The number of benzene rings is 1. The van der Waals surface area contributed by atoms with Crippen LogP contribution in [0.5, 0.6) is 0 Å². The van der Waals surface area contributed by atoms with Crippen molar-refractivity contribution >= 4 is 16.7 Å². The first-order chi connectivity index (χ1) is 9.51. The van der Waals surface area contributed by atoms with E-state index in [1.807, 2.05) is 12.1 Å². The molecule has 0 radical (unpaired) electrons. The summed E-state index contributed by atoms with van der Waals surface area (Å²) in [4.78, 5) is 4.45. The third kappa shape index (κ3) is 3.76. The topological polar surface area (TPSA) is 37.8 Å². The quantitative estimate of drug-likeness (QED) is 0.874. The van der Waals surface area contributed by atoms with Crippen molar-refractivity contribution in [3.05, 3.63) is 41.5 Å². The van der Waals surface area contributed by atoms with E-state index in [4.69, 9.17) is 0 Å². The van der Waals surface area contributed by atoms with Crippen molar-refractivity contribution in [2.75, 3.05) is 11.9 Å². The summed E-state index contributed by atoms with van der Waals surface area (Å²) in [5.74, 6) is 0.699. The van der Waals surface area contributed by atoms with Crippen LogP contribution in [0.25, 0.3) is 0 Å². The maximum absolute atomic E-state index is 13.0. The predicted octanol–water partition coefficient (Wildman–Crippen LogP) is 4.02. The number of aryl methyl sites for hydroxylation is 1. The Bertz CT molecular complexity index is 549. The molecule has 0 saturated carbocycles. The minimum Gasteiger partial charge on any atom is -0.359 e. The average Bonchev–Trinajstić information content (AvgIpc) is 2.85. The monoisotopic (exact) mass is 293 g/mol. The molecule has 0 aliphatic heterocycles. The highest BCUT2D eigenvalue weighted by atomic mass is 32.1. The fraction of sp³-hybridized carbons (Fsp3) is 0.467. The highest BCUT2D eigenvalue weighted by Gasteiger charge is 2.21. The van der Waals surface area contributed by atoms with Crippen LogP contribution in [0.2, 0.25) is 0 Å². The molecule has 2 rings (SSSR count). The lowest BCUT2D eigenvalue weighted by Gasteiger charge is -2.25. The summed E-state index contributed by atoms with van der Waals surface area (Å²) in [6.07, 6.45) is 1.97. The molecule has 5 heteroatoms. The molecule has 1 N–H and O–H groups in total. The summed E-state index contributed by atoms with van der Waals surface area (Å²) in [7, 11) is 0. The molecule has 0 fully saturated rings. The van der Waals surface area contributed by atoms with Crippen LogP contribution in [0.1, 0.15) is 38.6 Å². The predicted molar refractivity (Wildman–Crippen MR) is 81.8 cm³/mol. The van der Waals surface area contributed by atoms with Gasteiger partial charge in [-0.1, -0.05) is 32.9 Å². The van der Waals surface area contributed by atoms with Crippen LogP contribution in [-0.4, -0.2) is 15.9 Å². The van der Waals surface area contributed by atoms with E-state index >= 15 is 0 Å². The Labute approximate surface area is 123 Å². The van der Waals surface area contributed by atoms with Crippen molar-refractivity contribution in [2.24, 2.45) is 0 Å². The molecule has 0 aliphatic carbocycles. The minimum atomic E-state index is -0.203. The Kier molecular flexibility index (Phi) is 4.70. The van der Waals surface area contributed by atoms with Gasteiger partial charge < -0.3 is 5.32 Å². The summed E-state index contributed by atoms with van der Waals surface area (Å²) < 4.78 is 17.3. The van der Waals surface area contributed by atoms with Gasteiger partial charge in [-0.25, -0.2) is 9.37 Å². The Hall–Kier alpha value is -1.49. The molecule has 0 aliphatic rings. The lowest BCUT2D eigenvalue weighted by Crippen LogP contribution is -2.27. The van der Waals surface area contributed by atoms with Crippen molar-refractivity contribution in [3.63, 3.8) is 0 Å². The second kappa shape index (κ2) is 6.31. The smallest absolute Gasteiger partial charge is 0.202 e. The second-order valence-corrected chi connectivity index (χ2v) is 6.26. The summed E-state index contributed by atoms with van der Waals surface area (Å²) in [6.45, 7) is 7.10. The van der Waals surface area contributed by atoms with E-state index in [-0.39, 0.29) is 11.2 Å². The van der Waals surface area contributed by atoms with Gasteiger partial charge in [-0.3, -0.25) is 0 Å². The van der Waals surface area contributed by atoms with Gasteiger partial charge in [0.05, 0.1) is 0 Å². The van der Waals surface area contributed by atoms with Crippen molar-refractivity contribution < 1.29 is 4.39 Å². The van der Waals surface area contributed by atoms with Crippen LogP contribution in [-0.2, 0) is 11.8 Å². The van der Waals surface area contributed by atoms with Gasteiger partial charge in [-0.2, -0.15) is 4.37 Å². The molecule has 0 spiro atoms. The minimum absolute atomic E-state index is 0.0930. The van der Waals surface area contributed by atoms with E-state index in [0.717, 1.165) is 35.9 Å². The normalized spacial score (nSPS) is 11.6.